The number of aryl methyl sites for hydroxylation is 2. The third-order valence-corrected chi connectivity index (χ3v) is 5.97. The quantitative estimate of drug-likeness (QED) is 0.614. The summed E-state index contributed by atoms with van der Waals surface area (Å²) < 4.78 is 1.51. The highest BCUT2D eigenvalue weighted by molar-refractivity contribution is 5.96. The molecular formula is C24H33N5O4. The number of aromatic nitrogens is 3. The topological polar surface area (TPSA) is 117 Å². The Balaban J connectivity index is 1.76. The van der Waals surface area contributed by atoms with Crippen LogP contribution in [-0.2, 0) is 16.0 Å². The number of rotatable bonds is 7. The van der Waals surface area contributed by atoms with Gasteiger partial charge in [-0.05, 0) is 12.3 Å². The second kappa shape index (κ2) is 9.82. The number of ketones is 1. The zero-order valence-corrected chi connectivity index (χ0v) is 19.9. The molecule has 33 heavy (non-hydrogen) atoms. The Hall–Kier alpha value is -3.07. The van der Waals surface area contributed by atoms with Crippen molar-refractivity contribution in [2.45, 2.75) is 65.1 Å². The van der Waals surface area contributed by atoms with Crippen molar-refractivity contribution in [3.63, 3.8) is 0 Å². The fourth-order valence-electron chi connectivity index (χ4n) is 4.19. The van der Waals surface area contributed by atoms with Gasteiger partial charge in [-0.2, -0.15) is 0 Å². The lowest BCUT2D eigenvalue weighted by molar-refractivity contribution is -0.144. The first-order valence-electron chi connectivity index (χ1n) is 11.2. The van der Waals surface area contributed by atoms with Crippen LogP contribution in [0.15, 0.2) is 30.5 Å². The second-order valence-electron chi connectivity index (χ2n) is 9.76. The van der Waals surface area contributed by atoms with Gasteiger partial charge in [-0.1, -0.05) is 55.8 Å². The summed E-state index contributed by atoms with van der Waals surface area (Å²) in [6.45, 7) is 7.81. The number of aliphatic hydroxyl groups is 1. The number of nitrogens with zero attached hydrogens (tertiary/aromatic N) is 4. The number of aliphatic hydroxyl groups excluding tert-OH is 1. The van der Waals surface area contributed by atoms with Gasteiger partial charge in [0.2, 0.25) is 11.8 Å². The summed E-state index contributed by atoms with van der Waals surface area (Å²) >= 11 is 0. The van der Waals surface area contributed by atoms with Crippen LogP contribution < -0.4 is 5.32 Å². The highest BCUT2D eigenvalue weighted by Crippen LogP contribution is 2.34. The third-order valence-electron chi connectivity index (χ3n) is 5.97. The average Bonchev–Trinajstić information content (AvgIpc) is 3.37. The van der Waals surface area contributed by atoms with Crippen molar-refractivity contribution in [3.8, 4) is 0 Å². The lowest BCUT2D eigenvalue weighted by Gasteiger charge is -2.34. The van der Waals surface area contributed by atoms with E-state index in [0.29, 0.717) is 17.7 Å². The van der Waals surface area contributed by atoms with Crippen LogP contribution in [0, 0.1) is 12.3 Å². The first-order chi connectivity index (χ1) is 15.5. The molecule has 3 atom stereocenters. The van der Waals surface area contributed by atoms with Gasteiger partial charge in [0, 0.05) is 44.6 Å². The van der Waals surface area contributed by atoms with Crippen molar-refractivity contribution in [3.05, 3.63) is 47.3 Å². The molecule has 0 aliphatic carbocycles. The molecule has 0 unspecified atom stereocenters. The molecule has 178 valence electrons. The van der Waals surface area contributed by atoms with Gasteiger partial charge in [-0.3, -0.25) is 14.4 Å². The maximum Gasteiger partial charge on any atom is 0.248 e. The minimum absolute atomic E-state index is 0.0208. The number of carbonyl (C=O) groups excluding carboxylic acids is 3. The molecule has 1 saturated heterocycles. The predicted octanol–water partition coefficient (Wildman–Crippen LogP) is 1.70. The smallest absolute Gasteiger partial charge is 0.248 e. The summed E-state index contributed by atoms with van der Waals surface area (Å²) in [5.41, 5.74) is 1.84. The summed E-state index contributed by atoms with van der Waals surface area (Å²) in [5.74, 6) is -0.575. The van der Waals surface area contributed by atoms with Crippen molar-refractivity contribution in [2.24, 2.45) is 5.41 Å². The fraction of sp³-hybridized carbons (Fsp3) is 0.542. The molecule has 1 fully saturated rings. The fourth-order valence-corrected chi connectivity index (χ4v) is 4.19. The lowest BCUT2D eigenvalue weighted by Crippen LogP contribution is -2.49. The summed E-state index contributed by atoms with van der Waals surface area (Å²) in [7, 11) is 1.51. The molecule has 2 aromatic rings. The highest BCUT2D eigenvalue weighted by atomic mass is 16.3. The second-order valence-corrected chi connectivity index (χ2v) is 9.76. The van der Waals surface area contributed by atoms with Crippen LogP contribution in [0.4, 0.5) is 0 Å². The van der Waals surface area contributed by atoms with E-state index in [1.54, 1.807) is 6.20 Å². The number of likely N-dealkylation sites (N-methyl/N-ethyl adjacent to an activating group) is 1. The molecule has 1 aromatic carbocycles. The van der Waals surface area contributed by atoms with Gasteiger partial charge in [-0.25, -0.2) is 4.68 Å². The van der Waals surface area contributed by atoms with E-state index in [4.69, 9.17) is 0 Å². The number of amides is 2. The van der Waals surface area contributed by atoms with Crippen LogP contribution in [0.1, 0.15) is 61.3 Å². The predicted molar refractivity (Wildman–Crippen MR) is 123 cm³/mol. The zero-order valence-electron chi connectivity index (χ0n) is 19.9. The van der Waals surface area contributed by atoms with Crippen LogP contribution in [0.3, 0.4) is 0 Å². The van der Waals surface area contributed by atoms with E-state index in [-0.39, 0.29) is 37.0 Å². The Morgan fingerprint density at radius 1 is 1.21 bits per heavy atom. The van der Waals surface area contributed by atoms with Gasteiger partial charge in [0.1, 0.15) is 12.1 Å². The maximum atomic E-state index is 13.5. The SMILES string of the molecule is CNC(=O)[C@@H]1C[C@@H](O)CN1C(=O)[C@@H](n1cc(CCC(=O)c2ccc(C)cc2)nn1)C(C)(C)C. The molecular weight excluding hydrogens is 422 g/mol. The van der Waals surface area contributed by atoms with Crippen LogP contribution in [0.2, 0.25) is 0 Å². The minimum atomic E-state index is -0.754. The summed E-state index contributed by atoms with van der Waals surface area (Å²) in [6.07, 6.45) is 1.83. The number of β-amino-alcohol motifs (C(OH)–C–C–N with tert-alkyl or cyclic N) is 1. The molecule has 2 N–H and O–H groups in total. The van der Waals surface area contributed by atoms with E-state index >= 15 is 0 Å². The van der Waals surface area contributed by atoms with Crippen molar-refractivity contribution < 1.29 is 19.5 Å². The third kappa shape index (κ3) is 5.65. The van der Waals surface area contributed by atoms with Gasteiger partial charge >= 0.3 is 0 Å². The van der Waals surface area contributed by atoms with Gasteiger partial charge in [-0.15, -0.1) is 5.10 Å². The Bertz CT molecular complexity index is 1010. The number of hydrogen-bond donors (Lipinski definition) is 2. The highest BCUT2D eigenvalue weighted by Gasteiger charge is 2.44. The number of carbonyl (C=O) groups is 3. The largest absolute Gasteiger partial charge is 0.391 e. The molecule has 9 nitrogen and oxygen atoms in total. The molecule has 3 rings (SSSR count). The zero-order chi connectivity index (χ0) is 24.3. The lowest BCUT2D eigenvalue weighted by atomic mass is 9.85. The monoisotopic (exact) mass is 455 g/mol. The van der Waals surface area contributed by atoms with E-state index in [0.717, 1.165) is 5.56 Å². The van der Waals surface area contributed by atoms with E-state index in [2.05, 4.69) is 15.6 Å². The maximum absolute atomic E-state index is 13.5. The van der Waals surface area contributed by atoms with Crippen LogP contribution >= 0.6 is 0 Å². The number of nitrogens with one attached hydrogen (secondary N) is 1. The number of Topliss-reactive ketones (excluding diaryl/α,β-unsaturated/α-hetero) is 1. The van der Waals surface area contributed by atoms with Crippen molar-refractivity contribution in [1.29, 1.82) is 0 Å². The molecule has 0 spiro atoms. The molecule has 1 aliphatic heterocycles. The number of benzene rings is 1. The van der Waals surface area contributed by atoms with Gasteiger partial charge in [0.25, 0.3) is 0 Å². The molecule has 2 heterocycles. The van der Waals surface area contributed by atoms with Gasteiger partial charge in [0.15, 0.2) is 5.78 Å². The molecule has 0 saturated carbocycles. The first kappa shape index (κ1) is 24.6. The van der Waals surface area contributed by atoms with Crippen molar-refractivity contribution >= 4 is 17.6 Å². The Morgan fingerprint density at radius 2 is 1.88 bits per heavy atom. The standard InChI is InChI=1S/C24H33N5O4/c1-15-6-8-16(9-7-15)20(31)11-10-17-13-29(27-26-17)21(24(2,3)4)23(33)28-14-18(30)12-19(28)22(32)25-5/h6-9,13,18-19,21,30H,10-12,14H2,1-5H3,(H,25,32)/t18-,19+,21-/m1/s1. The Morgan fingerprint density at radius 3 is 2.48 bits per heavy atom. The minimum Gasteiger partial charge on any atom is -0.391 e. The van der Waals surface area contributed by atoms with E-state index in [1.165, 1.54) is 16.6 Å². The van der Waals surface area contributed by atoms with Crippen molar-refractivity contribution in [1.82, 2.24) is 25.2 Å². The normalized spacial score (nSPS) is 19.4. The van der Waals surface area contributed by atoms with Gasteiger partial charge in [0.05, 0.1) is 11.8 Å². The van der Waals surface area contributed by atoms with Crippen molar-refractivity contribution in [2.75, 3.05) is 13.6 Å². The Labute approximate surface area is 194 Å². The van der Waals surface area contributed by atoms with E-state index in [1.807, 2.05) is 52.0 Å². The van der Waals surface area contributed by atoms with E-state index < -0.39 is 23.6 Å². The Kier molecular flexibility index (Phi) is 7.31. The molecule has 1 aromatic heterocycles. The molecule has 2 amide bonds. The van der Waals surface area contributed by atoms with Crippen LogP contribution in [0.5, 0.6) is 0 Å². The molecule has 9 heteroatoms. The summed E-state index contributed by atoms with van der Waals surface area (Å²) in [4.78, 5) is 39.8. The molecule has 0 bridgehead atoms. The van der Waals surface area contributed by atoms with E-state index in [9.17, 15) is 19.5 Å². The van der Waals surface area contributed by atoms with Crippen LogP contribution in [0.25, 0.3) is 0 Å². The number of likely N-dealkylation sites (tertiary alicyclic amines) is 1. The average molecular weight is 456 g/mol. The number of hydrogen-bond acceptors (Lipinski definition) is 6. The summed E-state index contributed by atoms with van der Waals surface area (Å²) in [5, 5.41) is 21.1. The molecule has 0 radical (unpaired) electrons. The molecule has 1 aliphatic rings. The first-order valence-corrected chi connectivity index (χ1v) is 11.2. The summed E-state index contributed by atoms with van der Waals surface area (Å²) in [6, 6.07) is 6.00. The van der Waals surface area contributed by atoms with Gasteiger partial charge < -0.3 is 15.3 Å². The van der Waals surface area contributed by atoms with Crippen LogP contribution in [-0.4, -0.2) is 68.3 Å².